The Morgan fingerprint density at radius 3 is 2.38 bits per heavy atom. The van der Waals surface area contributed by atoms with Gasteiger partial charge in [0.05, 0.1) is 12.6 Å². The summed E-state index contributed by atoms with van der Waals surface area (Å²) in [5.74, 6) is -0.127. The van der Waals surface area contributed by atoms with Crippen molar-refractivity contribution in [3.63, 3.8) is 0 Å². The lowest BCUT2D eigenvalue weighted by Crippen LogP contribution is -3.14. The normalized spacial score (nSPS) is 13.9. The summed E-state index contributed by atoms with van der Waals surface area (Å²) in [4.78, 5) is 25.2. The van der Waals surface area contributed by atoms with Gasteiger partial charge in [0.15, 0.2) is 13.1 Å². The molecule has 1 unspecified atom stereocenters. The van der Waals surface area contributed by atoms with E-state index in [1.807, 2.05) is 52.8 Å². The molecular formula is C18H29ClN3O2+. The smallest absolute Gasteiger partial charge is 0.275 e. The number of quaternary nitrogens is 1. The highest BCUT2D eigenvalue weighted by Crippen LogP contribution is 2.16. The Morgan fingerprint density at radius 1 is 1.21 bits per heavy atom. The predicted molar refractivity (Wildman–Crippen MR) is 97.1 cm³/mol. The zero-order valence-corrected chi connectivity index (χ0v) is 16.0. The van der Waals surface area contributed by atoms with E-state index in [4.69, 9.17) is 11.6 Å². The first-order valence-electron chi connectivity index (χ1n) is 8.30. The molecule has 0 aliphatic rings. The fourth-order valence-corrected chi connectivity index (χ4v) is 2.58. The summed E-state index contributed by atoms with van der Waals surface area (Å²) in [6.07, 6.45) is 0. The number of carbonyl (C=O) groups excluding carboxylic acids is 2. The van der Waals surface area contributed by atoms with Crippen LogP contribution in [0.2, 0.25) is 5.02 Å². The lowest BCUT2D eigenvalue weighted by atomic mass is 10.1. The van der Waals surface area contributed by atoms with Crippen molar-refractivity contribution in [1.82, 2.24) is 10.6 Å². The van der Waals surface area contributed by atoms with Crippen LogP contribution in [0.3, 0.4) is 0 Å². The lowest BCUT2D eigenvalue weighted by molar-refractivity contribution is -0.881. The molecule has 6 heteroatoms. The van der Waals surface area contributed by atoms with Gasteiger partial charge in [-0.2, -0.15) is 0 Å². The van der Waals surface area contributed by atoms with Crippen molar-refractivity contribution < 1.29 is 14.5 Å². The van der Waals surface area contributed by atoms with E-state index in [2.05, 4.69) is 10.6 Å². The second-order valence-electron chi connectivity index (χ2n) is 7.10. The van der Waals surface area contributed by atoms with Crippen LogP contribution in [0.1, 0.15) is 46.2 Å². The number of hydrogen-bond donors (Lipinski definition) is 3. The number of nitrogens with one attached hydrogen (secondary N) is 3. The molecule has 1 rings (SSSR count). The first kappa shape index (κ1) is 20.5. The summed E-state index contributed by atoms with van der Waals surface area (Å²) in [7, 11) is 0. The topological polar surface area (TPSA) is 62.6 Å². The minimum absolute atomic E-state index is 0.0463. The molecule has 2 amide bonds. The highest BCUT2D eigenvalue weighted by molar-refractivity contribution is 6.30. The monoisotopic (exact) mass is 354 g/mol. The van der Waals surface area contributed by atoms with E-state index in [1.165, 1.54) is 0 Å². The van der Waals surface area contributed by atoms with Crippen LogP contribution in [0.15, 0.2) is 24.3 Å². The third kappa shape index (κ3) is 7.79. The maximum absolute atomic E-state index is 12.3. The van der Waals surface area contributed by atoms with Crippen molar-refractivity contribution in [1.29, 1.82) is 0 Å². The van der Waals surface area contributed by atoms with E-state index < -0.39 is 0 Å². The largest absolute Gasteiger partial charge is 0.347 e. The van der Waals surface area contributed by atoms with Gasteiger partial charge in [0, 0.05) is 10.6 Å². The average molecular weight is 355 g/mol. The molecule has 0 heterocycles. The first-order valence-corrected chi connectivity index (χ1v) is 8.68. The van der Waals surface area contributed by atoms with Gasteiger partial charge in [-0.3, -0.25) is 9.59 Å². The molecule has 3 N–H and O–H groups in total. The summed E-state index contributed by atoms with van der Waals surface area (Å²) in [6, 6.07) is 7.31. The minimum atomic E-state index is -0.265. The molecule has 1 aromatic rings. The van der Waals surface area contributed by atoms with Crippen molar-refractivity contribution in [2.45, 2.75) is 46.2 Å². The number of benzene rings is 1. The molecule has 0 saturated carbocycles. The van der Waals surface area contributed by atoms with Crippen LogP contribution in [0, 0.1) is 0 Å². The summed E-state index contributed by atoms with van der Waals surface area (Å²) < 4.78 is 0. The molecule has 0 radical (unpaired) electrons. The molecule has 1 aromatic carbocycles. The van der Waals surface area contributed by atoms with Crippen molar-refractivity contribution in [3.8, 4) is 0 Å². The Bertz CT molecular complexity index is 570. The number of hydrogen-bond acceptors (Lipinski definition) is 2. The molecular weight excluding hydrogens is 326 g/mol. The Hall–Kier alpha value is -1.59. The second kappa shape index (κ2) is 9.04. The molecule has 0 bridgehead atoms. The molecule has 0 saturated heterocycles. The van der Waals surface area contributed by atoms with Crippen LogP contribution in [-0.2, 0) is 9.59 Å². The van der Waals surface area contributed by atoms with Crippen LogP contribution < -0.4 is 15.5 Å². The number of likely N-dealkylation sites (N-methyl/N-ethyl adjacent to an activating group) is 1. The Balaban J connectivity index is 2.53. The number of amides is 2. The van der Waals surface area contributed by atoms with Crippen LogP contribution in [0.25, 0.3) is 0 Å². The zero-order chi connectivity index (χ0) is 18.3. The maximum atomic E-state index is 12.3. The summed E-state index contributed by atoms with van der Waals surface area (Å²) >= 11 is 5.98. The van der Waals surface area contributed by atoms with E-state index in [9.17, 15) is 9.59 Å². The molecule has 2 atom stereocenters. The van der Waals surface area contributed by atoms with Gasteiger partial charge in [-0.1, -0.05) is 23.7 Å². The second-order valence-corrected chi connectivity index (χ2v) is 7.54. The van der Waals surface area contributed by atoms with E-state index in [0.717, 1.165) is 10.5 Å². The summed E-state index contributed by atoms with van der Waals surface area (Å²) in [5.41, 5.74) is 0.693. The van der Waals surface area contributed by atoms with Crippen molar-refractivity contribution in [2.75, 3.05) is 19.6 Å². The summed E-state index contributed by atoms with van der Waals surface area (Å²) in [5, 5.41) is 6.53. The number of halogens is 1. The minimum Gasteiger partial charge on any atom is -0.347 e. The quantitative estimate of drug-likeness (QED) is 0.692. The molecule has 0 aliphatic heterocycles. The van der Waals surface area contributed by atoms with Gasteiger partial charge in [0.1, 0.15) is 0 Å². The third-order valence-electron chi connectivity index (χ3n) is 3.56. The van der Waals surface area contributed by atoms with Gasteiger partial charge in [0.2, 0.25) is 0 Å². The molecule has 5 nitrogen and oxygen atoms in total. The maximum Gasteiger partial charge on any atom is 0.275 e. The van der Waals surface area contributed by atoms with E-state index in [-0.39, 0.29) is 36.5 Å². The Morgan fingerprint density at radius 2 is 1.83 bits per heavy atom. The van der Waals surface area contributed by atoms with Gasteiger partial charge < -0.3 is 15.5 Å². The van der Waals surface area contributed by atoms with Crippen molar-refractivity contribution in [3.05, 3.63) is 34.9 Å². The fraction of sp³-hybridized carbons (Fsp3) is 0.556. The van der Waals surface area contributed by atoms with Gasteiger partial charge in [-0.25, -0.2) is 0 Å². The standard InChI is InChI=1S/C18H28ClN3O2/c1-6-22(12-17(24)21-18(3,4)5)11-16(23)20-13(2)14-8-7-9-15(19)10-14/h7-10,13H,6,11-12H2,1-5H3,(H,20,23)(H,21,24)/p+1/t13-/m0/s1. The highest BCUT2D eigenvalue weighted by atomic mass is 35.5. The lowest BCUT2D eigenvalue weighted by Gasteiger charge is -2.23. The fourth-order valence-electron chi connectivity index (χ4n) is 2.38. The zero-order valence-electron chi connectivity index (χ0n) is 15.2. The van der Waals surface area contributed by atoms with Gasteiger partial charge in [-0.05, 0) is 52.3 Å². The summed E-state index contributed by atoms with van der Waals surface area (Å²) in [6.45, 7) is 11.0. The third-order valence-corrected chi connectivity index (χ3v) is 3.80. The average Bonchev–Trinajstić information content (AvgIpc) is 2.44. The van der Waals surface area contributed by atoms with Crippen LogP contribution >= 0.6 is 11.6 Å². The predicted octanol–water partition coefficient (Wildman–Crippen LogP) is 1.34. The van der Waals surface area contributed by atoms with Crippen LogP contribution in [0.4, 0.5) is 0 Å². The van der Waals surface area contributed by atoms with Gasteiger partial charge >= 0.3 is 0 Å². The molecule has 134 valence electrons. The van der Waals surface area contributed by atoms with Gasteiger partial charge in [-0.15, -0.1) is 0 Å². The Kier molecular flexibility index (Phi) is 7.70. The molecule has 0 aromatic heterocycles. The molecule has 0 fully saturated rings. The molecule has 0 aliphatic carbocycles. The van der Waals surface area contributed by atoms with E-state index in [0.29, 0.717) is 11.6 Å². The van der Waals surface area contributed by atoms with Crippen molar-refractivity contribution in [2.24, 2.45) is 0 Å². The van der Waals surface area contributed by atoms with Crippen LogP contribution in [-0.4, -0.2) is 37.0 Å². The van der Waals surface area contributed by atoms with Crippen molar-refractivity contribution >= 4 is 23.4 Å². The highest BCUT2D eigenvalue weighted by Gasteiger charge is 2.21. The van der Waals surface area contributed by atoms with Gasteiger partial charge in [0.25, 0.3) is 11.8 Å². The first-order chi connectivity index (χ1) is 11.1. The SMILES string of the molecule is CC[NH+](CC(=O)N[C@@H](C)c1cccc(Cl)c1)CC(=O)NC(C)(C)C. The molecule has 0 spiro atoms. The Labute approximate surface area is 149 Å². The van der Waals surface area contributed by atoms with E-state index >= 15 is 0 Å². The van der Waals surface area contributed by atoms with Crippen LogP contribution in [0.5, 0.6) is 0 Å². The van der Waals surface area contributed by atoms with E-state index in [1.54, 1.807) is 6.07 Å². The number of carbonyl (C=O) groups is 2. The molecule has 24 heavy (non-hydrogen) atoms. The number of rotatable bonds is 7.